The van der Waals surface area contributed by atoms with Gasteiger partial charge in [-0.1, -0.05) is 36.8 Å². The minimum Gasteiger partial charge on any atom is -0.318 e. The Morgan fingerprint density at radius 2 is 2.00 bits per heavy atom. The molecule has 1 aromatic rings. The predicted molar refractivity (Wildman–Crippen MR) is 73.5 cm³/mol. The average Bonchev–Trinajstić information content (AvgIpc) is 2.42. The molecule has 0 saturated carbocycles. The molecular weight excluding hydrogens is 246 g/mol. The molecule has 1 fully saturated rings. The van der Waals surface area contributed by atoms with Crippen LogP contribution in [0.4, 0.5) is 8.78 Å². The fourth-order valence-electron chi connectivity index (χ4n) is 2.76. The second kappa shape index (κ2) is 6.44. The van der Waals surface area contributed by atoms with Crippen molar-refractivity contribution in [1.82, 2.24) is 10.2 Å². The molecule has 0 amide bonds. The molecule has 2 rings (SSSR count). The Hall–Kier alpha value is -1.00. The lowest BCUT2D eigenvalue weighted by atomic mass is 10.00. The minimum atomic E-state index is -2.77. The average molecular weight is 268 g/mol. The van der Waals surface area contributed by atoms with Crippen molar-refractivity contribution in [2.45, 2.75) is 31.2 Å². The lowest BCUT2D eigenvalue weighted by Crippen LogP contribution is -2.48. The van der Waals surface area contributed by atoms with Gasteiger partial charge in [-0.25, -0.2) is 0 Å². The van der Waals surface area contributed by atoms with Crippen LogP contribution >= 0.6 is 0 Å². The van der Waals surface area contributed by atoms with Crippen LogP contribution in [0.5, 0.6) is 0 Å². The highest BCUT2D eigenvalue weighted by Gasteiger charge is 2.36. The van der Waals surface area contributed by atoms with E-state index in [9.17, 15) is 8.78 Å². The van der Waals surface area contributed by atoms with Gasteiger partial charge in [0.05, 0.1) is 6.54 Å². The van der Waals surface area contributed by atoms with Crippen molar-refractivity contribution >= 4 is 0 Å². The maximum Gasteiger partial charge on any atom is 0.285 e. The summed E-state index contributed by atoms with van der Waals surface area (Å²) in [5.41, 5.74) is 0.115. The van der Waals surface area contributed by atoms with Gasteiger partial charge in [0.15, 0.2) is 0 Å². The third kappa shape index (κ3) is 3.74. The Balaban J connectivity index is 2.05. The summed E-state index contributed by atoms with van der Waals surface area (Å²) in [5, 5.41) is 3.11. The standard InChI is InChI=1S/C15H22F2N2/c1-18-11-14-9-5-6-10-19(14)12-15(16,17)13-7-3-2-4-8-13/h2-4,7-8,14,18H,5-6,9-12H2,1H3. The first kappa shape index (κ1) is 14.4. The van der Waals surface area contributed by atoms with Gasteiger partial charge in [-0.2, -0.15) is 8.78 Å². The molecule has 0 aromatic heterocycles. The van der Waals surface area contributed by atoms with Crippen LogP contribution in [-0.2, 0) is 5.92 Å². The molecule has 1 aromatic carbocycles. The predicted octanol–water partition coefficient (Wildman–Crippen LogP) is 2.85. The molecule has 1 N–H and O–H groups in total. The van der Waals surface area contributed by atoms with Gasteiger partial charge >= 0.3 is 0 Å². The molecule has 1 aliphatic rings. The first-order valence-corrected chi connectivity index (χ1v) is 6.95. The van der Waals surface area contributed by atoms with Crippen LogP contribution in [0.15, 0.2) is 30.3 Å². The molecule has 19 heavy (non-hydrogen) atoms. The molecule has 0 spiro atoms. The maximum atomic E-state index is 14.3. The first-order chi connectivity index (χ1) is 9.13. The Kier molecular flexibility index (Phi) is 4.88. The van der Waals surface area contributed by atoms with E-state index in [0.29, 0.717) is 0 Å². The number of hydrogen-bond acceptors (Lipinski definition) is 2. The van der Waals surface area contributed by atoms with E-state index >= 15 is 0 Å². The summed E-state index contributed by atoms with van der Waals surface area (Å²) in [7, 11) is 1.88. The van der Waals surface area contributed by atoms with Crippen LogP contribution in [-0.4, -0.2) is 37.6 Å². The summed E-state index contributed by atoms with van der Waals surface area (Å²) < 4.78 is 28.6. The maximum absolute atomic E-state index is 14.3. The summed E-state index contributed by atoms with van der Waals surface area (Å²) in [4.78, 5) is 1.94. The number of likely N-dealkylation sites (tertiary alicyclic amines) is 1. The second-order valence-corrected chi connectivity index (χ2v) is 5.25. The molecule has 1 atom stereocenters. The number of alkyl halides is 2. The fraction of sp³-hybridized carbons (Fsp3) is 0.600. The van der Waals surface area contributed by atoms with E-state index in [2.05, 4.69) is 5.32 Å². The lowest BCUT2D eigenvalue weighted by Gasteiger charge is -2.37. The van der Waals surface area contributed by atoms with Crippen molar-refractivity contribution in [1.29, 1.82) is 0 Å². The Morgan fingerprint density at radius 3 is 2.68 bits per heavy atom. The largest absolute Gasteiger partial charge is 0.318 e. The molecule has 1 saturated heterocycles. The van der Waals surface area contributed by atoms with E-state index in [-0.39, 0.29) is 18.2 Å². The zero-order valence-corrected chi connectivity index (χ0v) is 11.4. The van der Waals surface area contributed by atoms with E-state index in [1.54, 1.807) is 18.2 Å². The molecule has 1 unspecified atom stereocenters. The van der Waals surface area contributed by atoms with Gasteiger partial charge in [0.25, 0.3) is 5.92 Å². The normalized spacial score (nSPS) is 21.5. The summed E-state index contributed by atoms with van der Waals surface area (Å²) in [6.45, 7) is 1.38. The van der Waals surface area contributed by atoms with Crippen molar-refractivity contribution < 1.29 is 8.78 Å². The zero-order valence-electron chi connectivity index (χ0n) is 11.4. The van der Waals surface area contributed by atoms with Crippen LogP contribution in [0.25, 0.3) is 0 Å². The van der Waals surface area contributed by atoms with Gasteiger partial charge in [-0.05, 0) is 26.4 Å². The molecule has 4 heteroatoms. The summed E-state index contributed by atoms with van der Waals surface area (Å²) in [5.74, 6) is -2.77. The van der Waals surface area contributed by atoms with Crippen molar-refractivity contribution in [3.63, 3.8) is 0 Å². The summed E-state index contributed by atoms with van der Waals surface area (Å²) in [6.07, 6.45) is 3.16. The van der Waals surface area contributed by atoms with E-state index in [1.165, 1.54) is 12.1 Å². The first-order valence-electron chi connectivity index (χ1n) is 6.95. The molecule has 1 aliphatic heterocycles. The highest BCUT2D eigenvalue weighted by molar-refractivity contribution is 5.20. The van der Waals surface area contributed by atoms with Gasteiger partial charge in [0, 0.05) is 18.2 Å². The van der Waals surface area contributed by atoms with Gasteiger partial charge in [-0.15, -0.1) is 0 Å². The van der Waals surface area contributed by atoms with Gasteiger partial charge in [0.1, 0.15) is 0 Å². The van der Waals surface area contributed by atoms with E-state index in [1.807, 2.05) is 11.9 Å². The number of rotatable bonds is 5. The third-order valence-electron chi connectivity index (χ3n) is 3.79. The molecule has 106 valence electrons. The molecule has 0 aliphatic carbocycles. The van der Waals surface area contributed by atoms with Crippen LogP contribution < -0.4 is 5.32 Å². The Bertz CT molecular complexity index is 379. The fourth-order valence-corrected chi connectivity index (χ4v) is 2.76. The molecule has 2 nitrogen and oxygen atoms in total. The second-order valence-electron chi connectivity index (χ2n) is 5.25. The van der Waals surface area contributed by atoms with E-state index < -0.39 is 5.92 Å². The topological polar surface area (TPSA) is 15.3 Å². The van der Waals surface area contributed by atoms with Crippen molar-refractivity contribution in [3.05, 3.63) is 35.9 Å². The molecule has 0 bridgehead atoms. The van der Waals surface area contributed by atoms with Gasteiger partial charge < -0.3 is 5.32 Å². The van der Waals surface area contributed by atoms with Crippen molar-refractivity contribution in [3.8, 4) is 0 Å². The number of piperidine rings is 1. The lowest BCUT2D eigenvalue weighted by molar-refractivity contribution is -0.0538. The SMILES string of the molecule is CNCC1CCCCN1CC(F)(F)c1ccccc1. The van der Waals surface area contributed by atoms with E-state index in [4.69, 9.17) is 0 Å². The van der Waals surface area contributed by atoms with Crippen molar-refractivity contribution in [2.75, 3.05) is 26.7 Å². The van der Waals surface area contributed by atoms with Crippen molar-refractivity contribution in [2.24, 2.45) is 0 Å². The highest BCUT2D eigenvalue weighted by Crippen LogP contribution is 2.31. The Labute approximate surface area is 113 Å². The quantitative estimate of drug-likeness (QED) is 0.883. The summed E-state index contributed by atoms with van der Waals surface area (Å²) >= 11 is 0. The number of hydrogen-bond donors (Lipinski definition) is 1. The third-order valence-corrected chi connectivity index (χ3v) is 3.79. The molecule has 0 radical (unpaired) electrons. The van der Waals surface area contributed by atoms with Gasteiger partial charge in [-0.3, -0.25) is 4.90 Å². The Morgan fingerprint density at radius 1 is 1.26 bits per heavy atom. The zero-order chi connectivity index (χ0) is 13.7. The van der Waals surface area contributed by atoms with Crippen LogP contribution in [0.3, 0.4) is 0 Å². The van der Waals surface area contributed by atoms with Crippen LogP contribution in [0.1, 0.15) is 24.8 Å². The highest BCUT2D eigenvalue weighted by atomic mass is 19.3. The summed E-state index contributed by atoms with van der Waals surface area (Å²) in [6, 6.07) is 8.36. The molecule has 1 heterocycles. The van der Waals surface area contributed by atoms with E-state index in [0.717, 1.165) is 32.4 Å². The smallest absolute Gasteiger partial charge is 0.285 e. The monoisotopic (exact) mass is 268 g/mol. The van der Waals surface area contributed by atoms with Crippen LogP contribution in [0.2, 0.25) is 0 Å². The minimum absolute atomic E-state index is 0.115. The van der Waals surface area contributed by atoms with Gasteiger partial charge in [0.2, 0.25) is 0 Å². The number of benzene rings is 1. The number of nitrogens with zero attached hydrogens (tertiary/aromatic N) is 1. The number of likely N-dealkylation sites (N-methyl/N-ethyl adjacent to an activating group) is 1. The number of nitrogens with one attached hydrogen (secondary N) is 1. The number of halogens is 2. The van der Waals surface area contributed by atoms with Crippen LogP contribution in [0, 0.1) is 0 Å². The molecular formula is C15H22F2N2.